The van der Waals surface area contributed by atoms with Gasteiger partial charge in [0.1, 0.15) is 0 Å². The lowest BCUT2D eigenvalue weighted by Crippen LogP contribution is -2.45. The predicted octanol–water partition coefficient (Wildman–Crippen LogP) is 1.76. The van der Waals surface area contributed by atoms with E-state index in [2.05, 4.69) is 10.1 Å². The van der Waals surface area contributed by atoms with E-state index in [-0.39, 0.29) is 30.6 Å². The molecule has 0 unspecified atom stereocenters. The van der Waals surface area contributed by atoms with Crippen LogP contribution < -0.4 is 5.32 Å². The minimum absolute atomic E-state index is 0.189. The predicted molar refractivity (Wildman–Crippen MR) is 59.5 cm³/mol. The molecule has 0 saturated heterocycles. The quantitative estimate of drug-likeness (QED) is 0.610. The van der Waals surface area contributed by atoms with Crippen molar-refractivity contribution < 1.29 is 18.3 Å². The van der Waals surface area contributed by atoms with Crippen molar-refractivity contribution in [1.82, 2.24) is 5.32 Å². The maximum absolute atomic E-state index is 12.6. The Morgan fingerprint density at radius 1 is 1.62 bits per heavy atom. The van der Waals surface area contributed by atoms with Crippen LogP contribution in [0, 0.1) is 11.8 Å². The van der Waals surface area contributed by atoms with E-state index in [0.29, 0.717) is 11.5 Å². The number of alkyl halides is 2. The SMILES string of the molecule is COC(=O)[C@@H](C)CNC(=S)C1CC(F)(F)C1. The van der Waals surface area contributed by atoms with E-state index in [1.54, 1.807) is 6.92 Å². The third-order valence-corrected chi connectivity index (χ3v) is 3.12. The molecule has 3 nitrogen and oxygen atoms in total. The van der Waals surface area contributed by atoms with Gasteiger partial charge in [0.2, 0.25) is 5.92 Å². The van der Waals surface area contributed by atoms with Crippen LogP contribution in [0.4, 0.5) is 8.78 Å². The monoisotopic (exact) mass is 251 g/mol. The Morgan fingerprint density at radius 3 is 2.62 bits per heavy atom. The van der Waals surface area contributed by atoms with E-state index in [9.17, 15) is 13.6 Å². The summed E-state index contributed by atoms with van der Waals surface area (Å²) in [5.41, 5.74) is 0. The standard InChI is InChI=1S/C10H15F2NO2S/c1-6(9(14)15-2)5-13-8(16)7-3-10(11,12)4-7/h6-7H,3-5H2,1-2H3,(H,13,16)/t6-/m0/s1. The minimum atomic E-state index is -2.57. The van der Waals surface area contributed by atoms with Crippen LogP contribution in [-0.4, -0.2) is 30.5 Å². The second-order valence-electron chi connectivity index (χ2n) is 4.13. The molecule has 1 atom stereocenters. The minimum Gasteiger partial charge on any atom is -0.469 e. The van der Waals surface area contributed by atoms with Crippen LogP contribution in [0.15, 0.2) is 0 Å². The highest BCUT2D eigenvalue weighted by Crippen LogP contribution is 2.42. The summed E-state index contributed by atoms with van der Waals surface area (Å²) in [5.74, 6) is -3.49. The summed E-state index contributed by atoms with van der Waals surface area (Å²) in [5, 5.41) is 2.83. The lowest BCUT2D eigenvalue weighted by atomic mass is 9.81. The fraction of sp³-hybridized carbons (Fsp3) is 0.800. The third-order valence-electron chi connectivity index (χ3n) is 2.65. The first-order valence-corrected chi connectivity index (χ1v) is 5.50. The van der Waals surface area contributed by atoms with Gasteiger partial charge in [-0.25, -0.2) is 8.78 Å². The zero-order valence-electron chi connectivity index (χ0n) is 9.26. The molecule has 1 aliphatic rings. The van der Waals surface area contributed by atoms with Gasteiger partial charge in [0, 0.05) is 25.3 Å². The maximum Gasteiger partial charge on any atom is 0.310 e. The Balaban J connectivity index is 2.24. The average Bonchev–Trinajstić information content (AvgIpc) is 2.20. The first kappa shape index (κ1) is 13.3. The Kier molecular flexibility index (Phi) is 4.18. The molecule has 0 heterocycles. The van der Waals surface area contributed by atoms with Crippen LogP contribution in [0.3, 0.4) is 0 Å². The number of nitrogens with one attached hydrogen (secondary N) is 1. The zero-order valence-corrected chi connectivity index (χ0v) is 10.1. The molecule has 6 heteroatoms. The first-order chi connectivity index (χ1) is 7.35. The lowest BCUT2D eigenvalue weighted by molar-refractivity contribution is -0.144. The van der Waals surface area contributed by atoms with Gasteiger partial charge in [-0.3, -0.25) is 4.79 Å². The molecule has 0 spiro atoms. The van der Waals surface area contributed by atoms with Crippen LogP contribution in [-0.2, 0) is 9.53 Å². The molecule has 0 bridgehead atoms. The van der Waals surface area contributed by atoms with Crippen LogP contribution >= 0.6 is 12.2 Å². The Labute approximate surface area is 98.5 Å². The van der Waals surface area contributed by atoms with Crippen molar-refractivity contribution in [2.75, 3.05) is 13.7 Å². The summed E-state index contributed by atoms with van der Waals surface area (Å²) >= 11 is 4.97. The largest absolute Gasteiger partial charge is 0.469 e. The second kappa shape index (κ2) is 5.03. The number of halogens is 2. The number of esters is 1. The van der Waals surface area contributed by atoms with Gasteiger partial charge in [0.05, 0.1) is 18.0 Å². The number of methoxy groups -OCH3 is 1. The van der Waals surface area contributed by atoms with Gasteiger partial charge in [-0.1, -0.05) is 19.1 Å². The van der Waals surface area contributed by atoms with E-state index in [0.717, 1.165) is 0 Å². The molecule has 92 valence electrons. The van der Waals surface area contributed by atoms with Gasteiger partial charge in [-0.05, 0) is 0 Å². The Hall–Kier alpha value is -0.780. The summed E-state index contributed by atoms with van der Waals surface area (Å²) in [6, 6.07) is 0. The normalized spacial score (nSPS) is 20.8. The van der Waals surface area contributed by atoms with Crippen LogP contribution in [0.25, 0.3) is 0 Å². The number of hydrogen-bond acceptors (Lipinski definition) is 3. The van der Waals surface area contributed by atoms with E-state index >= 15 is 0 Å². The molecule has 1 rings (SSSR count). The number of hydrogen-bond donors (Lipinski definition) is 1. The van der Waals surface area contributed by atoms with Crippen LogP contribution in [0.1, 0.15) is 19.8 Å². The molecule has 1 fully saturated rings. The summed E-state index contributed by atoms with van der Waals surface area (Å²) in [7, 11) is 1.31. The van der Waals surface area contributed by atoms with Gasteiger partial charge in [-0.2, -0.15) is 0 Å². The van der Waals surface area contributed by atoms with Gasteiger partial charge in [-0.15, -0.1) is 0 Å². The topological polar surface area (TPSA) is 38.3 Å². The fourth-order valence-corrected chi connectivity index (χ4v) is 1.78. The first-order valence-electron chi connectivity index (χ1n) is 5.09. The second-order valence-corrected chi connectivity index (χ2v) is 4.57. The molecule has 0 aromatic heterocycles. The molecular formula is C10H15F2NO2S. The zero-order chi connectivity index (χ0) is 12.3. The van der Waals surface area contributed by atoms with E-state index < -0.39 is 5.92 Å². The van der Waals surface area contributed by atoms with Crippen molar-refractivity contribution in [2.45, 2.75) is 25.7 Å². The summed E-state index contributed by atoms with van der Waals surface area (Å²) in [4.78, 5) is 11.5. The number of rotatable bonds is 4. The highest BCUT2D eigenvalue weighted by Gasteiger charge is 2.47. The van der Waals surface area contributed by atoms with E-state index in [1.165, 1.54) is 7.11 Å². The smallest absolute Gasteiger partial charge is 0.310 e. The highest BCUT2D eigenvalue weighted by atomic mass is 32.1. The molecule has 0 amide bonds. The number of carbonyl (C=O) groups is 1. The van der Waals surface area contributed by atoms with Crippen molar-refractivity contribution in [1.29, 1.82) is 0 Å². The fourth-order valence-electron chi connectivity index (χ4n) is 1.53. The molecule has 1 N–H and O–H groups in total. The van der Waals surface area contributed by atoms with Crippen LogP contribution in [0.2, 0.25) is 0 Å². The Morgan fingerprint density at radius 2 is 2.19 bits per heavy atom. The number of thiocarbonyl (C=S) groups is 1. The molecule has 0 aromatic rings. The van der Waals surface area contributed by atoms with E-state index in [1.807, 2.05) is 0 Å². The van der Waals surface area contributed by atoms with E-state index in [4.69, 9.17) is 12.2 Å². The maximum atomic E-state index is 12.6. The molecule has 16 heavy (non-hydrogen) atoms. The molecular weight excluding hydrogens is 236 g/mol. The van der Waals surface area contributed by atoms with Gasteiger partial charge < -0.3 is 10.1 Å². The molecule has 1 saturated carbocycles. The van der Waals surface area contributed by atoms with Crippen molar-refractivity contribution in [3.63, 3.8) is 0 Å². The molecule has 1 aliphatic carbocycles. The average molecular weight is 251 g/mol. The summed E-state index contributed by atoms with van der Waals surface area (Å²) in [6.45, 7) is 2.02. The summed E-state index contributed by atoms with van der Waals surface area (Å²) < 4.78 is 29.7. The lowest BCUT2D eigenvalue weighted by Gasteiger charge is -2.35. The van der Waals surface area contributed by atoms with Gasteiger partial charge in [0.25, 0.3) is 0 Å². The number of carbonyl (C=O) groups excluding carboxylic acids is 1. The summed E-state index contributed by atoms with van der Waals surface area (Å²) in [6.07, 6.45) is -0.378. The van der Waals surface area contributed by atoms with Gasteiger partial charge >= 0.3 is 5.97 Å². The van der Waals surface area contributed by atoms with Crippen molar-refractivity contribution >= 4 is 23.2 Å². The number of ether oxygens (including phenoxy) is 1. The molecule has 0 radical (unpaired) electrons. The Bertz CT molecular complexity index is 289. The van der Waals surface area contributed by atoms with Crippen molar-refractivity contribution in [3.8, 4) is 0 Å². The highest BCUT2D eigenvalue weighted by molar-refractivity contribution is 7.80. The molecule has 0 aromatic carbocycles. The van der Waals surface area contributed by atoms with Crippen molar-refractivity contribution in [2.24, 2.45) is 11.8 Å². The van der Waals surface area contributed by atoms with Gasteiger partial charge in [0.15, 0.2) is 0 Å². The molecule has 0 aliphatic heterocycles. The third kappa shape index (κ3) is 3.37. The van der Waals surface area contributed by atoms with Crippen molar-refractivity contribution in [3.05, 3.63) is 0 Å². The van der Waals surface area contributed by atoms with Crippen LogP contribution in [0.5, 0.6) is 0 Å².